The fraction of sp³-hybridized carbons (Fsp3) is 0.278. The first kappa shape index (κ1) is 17.5. The van der Waals surface area contributed by atoms with Gasteiger partial charge in [-0.25, -0.2) is 4.79 Å². The van der Waals surface area contributed by atoms with Crippen molar-refractivity contribution in [2.24, 2.45) is 0 Å². The number of rotatable bonds is 6. The van der Waals surface area contributed by atoms with Gasteiger partial charge in [0.15, 0.2) is 0 Å². The van der Waals surface area contributed by atoms with Crippen LogP contribution in [0, 0.1) is 0 Å². The van der Waals surface area contributed by atoms with E-state index in [-0.39, 0.29) is 6.04 Å². The van der Waals surface area contributed by atoms with Crippen LogP contribution in [-0.4, -0.2) is 23.3 Å². The molecule has 2 rings (SSSR count). The van der Waals surface area contributed by atoms with Crippen molar-refractivity contribution in [3.05, 3.63) is 66.0 Å². The van der Waals surface area contributed by atoms with Crippen LogP contribution in [0.4, 0.5) is 4.79 Å². The molecule has 0 radical (unpaired) electrons. The molecular formula is C18H20N2O4. The van der Waals surface area contributed by atoms with Crippen LogP contribution in [0.3, 0.4) is 0 Å². The van der Waals surface area contributed by atoms with Gasteiger partial charge in [0.25, 0.3) is 0 Å². The third-order valence-corrected chi connectivity index (χ3v) is 3.24. The van der Waals surface area contributed by atoms with Crippen LogP contribution >= 0.6 is 0 Å². The van der Waals surface area contributed by atoms with E-state index >= 15 is 0 Å². The summed E-state index contributed by atoms with van der Waals surface area (Å²) in [5.74, 6) is -0.511. The van der Waals surface area contributed by atoms with Gasteiger partial charge in [-0.2, -0.15) is 0 Å². The van der Waals surface area contributed by atoms with Gasteiger partial charge in [0.1, 0.15) is 0 Å². The molecule has 24 heavy (non-hydrogen) atoms. The lowest BCUT2D eigenvalue weighted by atomic mass is 10.0. The number of esters is 1. The number of amides is 1. The van der Waals surface area contributed by atoms with Gasteiger partial charge in [-0.05, 0) is 17.7 Å². The summed E-state index contributed by atoms with van der Waals surface area (Å²) in [5, 5.41) is 2.79. The Bertz CT molecular complexity index is 661. The smallest absolute Gasteiger partial charge is 0.410 e. The third-order valence-electron chi connectivity index (χ3n) is 3.24. The Kier molecular flexibility index (Phi) is 6.31. The van der Waals surface area contributed by atoms with Crippen molar-refractivity contribution in [2.75, 3.05) is 0 Å². The average molecular weight is 328 g/mol. The highest BCUT2D eigenvalue weighted by molar-refractivity contribution is 5.69. The maximum absolute atomic E-state index is 12.1. The summed E-state index contributed by atoms with van der Waals surface area (Å²) in [5.41, 5.74) is 1.78. The van der Waals surface area contributed by atoms with Crippen LogP contribution in [-0.2, 0) is 20.7 Å². The molecule has 1 N–H and O–H groups in total. The molecule has 2 atom stereocenters. The molecule has 1 heterocycles. The van der Waals surface area contributed by atoms with Gasteiger partial charge in [0, 0.05) is 32.2 Å². The molecule has 0 aliphatic rings. The second kappa shape index (κ2) is 8.67. The fourth-order valence-corrected chi connectivity index (χ4v) is 2.25. The van der Waals surface area contributed by atoms with E-state index in [1.807, 2.05) is 48.5 Å². The van der Waals surface area contributed by atoms with Crippen molar-refractivity contribution in [3.8, 4) is 0 Å². The number of aromatic nitrogens is 1. The number of nitrogens with zero attached hydrogens (tertiary/aromatic N) is 1. The Balaban J connectivity index is 2.06. The summed E-state index contributed by atoms with van der Waals surface area (Å²) in [6.45, 7) is 2.74. The van der Waals surface area contributed by atoms with E-state index in [4.69, 9.17) is 9.47 Å². The first-order valence-corrected chi connectivity index (χ1v) is 7.64. The van der Waals surface area contributed by atoms with E-state index in [0.717, 1.165) is 11.3 Å². The van der Waals surface area contributed by atoms with Gasteiger partial charge < -0.3 is 14.8 Å². The minimum absolute atomic E-state index is 0.307. The van der Waals surface area contributed by atoms with Gasteiger partial charge in [-0.3, -0.25) is 9.78 Å². The Morgan fingerprint density at radius 3 is 2.42 bits per heavy atom. The average Bonchev–Trinajstić information content (AvgIpc) is 2.55. The van der Waals surface area contributed by atoms with Gasteiger partial charge in [-0.1, -0.05) is 36.4 Å². The Labute approximate surface area is 140 Å². The number of pyridine rings is 1. The van der Waals surface area contributed by atoms with Crippen molar-refractivity contribution in [3.63, 3.8) is 0 Å². The summed E-state index contributed by atoms with van der Waals surface area (Å²) in [6, 6.07) is 14.9. The molecule has 0 saturated carbocycles. The number of alkyl carbamates (subject to hydrolysis) is 1. The molecular weight excluding hydrogens is 308 g/mol. The van der Waals surface area contributed by atoms with Crippen molar-refractivity contribution >= 4 is 12.1 Å². The first-order valence-electron chi connectivity index (χ1n) is 7.64. The predicted octanol–water partition coefficient (Wildman–Crippen LogP) is 3.00. The summed E-state index contributed by atoms with van der Waals surface area (Å²) in [6.07, 6.45) is 0.614. The zero-order valence-electron chi connectivity index (χ0n) is 13.6. The van der Waals surface area contributed by atoms with Crippen LogP contribution in [0.25, 0.3) is 0 Å². The summed E-state index contributed by atoms with van der Waals surface area (Å²) in [4.78, 5) is 27.2. The third kappa shape index (κ3) is 5.72. The summed E-state index contributed by atoms with van der Waals surface area (Å²) >= 11 is 0. The molecule has 6 nitrogen and oxygen atoms in total. The molecule has 0 saturated heterocycles. The fourth-order valence-electron chi connectivity index (χ4n) is 2.25. The van der Waals surface area contributed by atoms with E-state index in [1.165, 1.54) is 13.8 Å². The largest absolute Gasteiger partial charge is 0.426 e. The maximum Gasteiger partial charge on any atom is 0.410 e. The number of carbonyl (C=O) groups excluding carboxylic acids is 2. The van der Waals surface area contributed by atoms with E-state index in [9.17, 15) is 9.59 Å². The molecule has 1 aromatic carbocycles. The number of hydrogen-bond donors (Lipinski definition) is 1. The van der Waals surface area contributed by atoms with Crippen LogP contribution in [0.5, 0.6) is 0 Å². The summed E-state index contributed by atoms with van der Waals surface area (Å²) in [7, 11) is 0. The minimum Gasteiger partial charge on any atom is -0.426 e. The molecule has 0 unspecified atom stereocenters. The highest BCUT2D eigenvalue weighted by atomic mass is 16.7. The van der Waals surface area contributed by atoms with Gasteiger partial charge >= 0.3 is 12.1 Å². The lowest BCUT2D eigenvalue weighted by Gasteiger charge is -2.20. The van der Waals surface area contributed by atoms with Crippen LogP contribution in [0.2, 0.25) is 0 Å². The number of hydrogen-bond acceptors (Lipinski definition) is 5. The van der Waals surface area contributed by atoms with Crippen molar-refractivity contribution in [1.29, 1.82) is 0 Å². The van der Waals surface area contributed by atoms with Crippen LogP contribution < -0.4 is 5.32 Å². The lowest BCUT2D eigenvalue weighted by Crippen LogP contribution is -2.34. The van der Waals surface area contributed by atoms with Gasteiger partial charge in [-0.15, -0.1) is 0 Å². The molecule has 0 aliphatic heterocycles. The Morgan fingerprint density at radius 2 is 1.79 bits per heavy atom. The second-order valence-electron chi connectivity index (χ2n) is 5.22. The second-order valence-corrected chi connectivity index (χ2v) is 5.22. The monoisotopic (exact) mass is 328 g/mol. The topological polar surface area (TPSA) is 77.5 Å². The predicted molar refractivity (Wildman–Crippen MR) is 88.0 cm³/mol. The van der Waals surface area contributed by atoms with Crippen molar-refractivity contribution in [1.82, 2.24) is 10.3 Å². The quantitative estimate of drug-likeness (QED) is 0.651. The van der Waals surface area contributed by atoms with Gasteiger partial charge in [0.2, 0.25) is 6.29 Å². The number of benzene rings is 1. The number of nitrogens with one attached hydrogen (secondary N) is 1. The van der Waals surface area contributed by atoms with Gasteiger partial charge in [0.05, 0.1) is 6.04 Å². The molecule has 0 aliphatic carbocycles. The zero-order valence-corrected chi connectivity index (χ0v) is 13.6. The molecule has 0 fully saturated rings. The molecule has 126 valence electrons. The first-order chi connectivity index (χ1) is 11.5. The maximum atomic E-state index is 12.1. The lowest BCUT2D eigenvalue weighted by molar-refractivity contribution is -0.162. The van der Waals surface area contributed by atoms with E-state index < -0.39 is 18.4 Å². The molecule has 1 aromatic heterocycles. The number of carbonyl (C=O) groups is 2. The van der Waals surface area contributed by atoms with Crippen LogP contribution in [0.1, 0.15) is 31.1 Å². The number of ether oxygens (including phenoxy) is 2. The molecule has 0 bridgehead atoms. The SMILES string of the molecule is CC(=O)O[C@@H](C)OC(=O)N[C@@H](Cc1ccccn1)c1ccccc1. The molecule has 0 spiro atoms. The van der Waals surface area contributed by atoms with E-state index in [1.54, 1.807) is 6.20 Å². The zero-order chi connectivity index (χ0) is 17.4. The molecule has 1 amide bonds. The van der Waals surface area contributed by atoms with Crippen molar-refractivity contribution < 1.29 is 19.1 Å². The summed E-state index contributed by atoms with van der Waals surface area (Å²) < 4.78 is 9.83. The van der Waals surface area contributed by atoms with Crippen LogP contribution in [0.15, 0.2) is 54.7 Å². The Morgan fingerprint density at radius 1 is 1.08 bits per heavy atom. The van der Waals surface area contributed by atoms with E-state index in [0.29, 0.717) is 6.42 Å². The van der Waals surface area contributed by atoms with Crippen molar-refractivity contribution in [2.45, 2.75) is 32.6 Å². The van der Waals surface area contributed by atoms with E-state index in [2.05, 4.69) is 10.3 Å². The highest BCUT2D eigenvalue weighted by Crippen LogP contribution is 2.17. The standard InChI is InChI=1S/C18H20N2O4/c1-13(21)23-14(2)24-18(22)20-17(15-8-4-3-5-9-15)12-16-10-6-7-11-19-16/h3-11,14,17H,12H2,1-2H3,(H,20,22)/t14-,17+/m1/s1. The Hall–Kier alpha value is -2.89. The normalized spacial score (nSPS) is 12.8. The minimum atomic E-state index is -0.950. The molecule has 2 aromatic rings. The highest BCUT2D eigenvalue weighted by Gasteiger charge is 2.19. The molecule has 6 heteroatoms.